The van der Waals surface area contributed by atoms with Crippen LogP contribution in [0.25, 0.3) is 5.69 Å². The second kappa shape index (κ2) is 20.4. The van der Waals surface area contributed by atoms with Crippen molar-refractivity contribution in [2.75, 3.05) is 39.8 Å². The number of halogens is 1. The van der Waals surface area contributed by atoms with Gasteiger partial charge in [-0.15, -0.1) is 17.5 Å². The van der Waals surface area contributed by atoms with Gasteiger partial charge in [-0.25, -0.2) is 4.68 Å². The molecule has 1 aliphatic rings. The first kappa shape index (κ1) is 35.6. The number of carbonyl (C=O) groups excluding carboxylic acids is 2. The Morgan fingerprint density at radius 1 is 0.952 bits per heavy atom. The van der Waals surface area contributed by atoms with Gasteiger partial charge in [-0.2, -0.15) is 0 Å². The maximum Gasteiger partial charge on any atom is 0.251 e. The van der Waals surface area contributed by atoms with Gasteiger partial charge in [0.1, 0.15) is 0 Å². The topological polar surface area (TPSA) is 92.6 Å². The molecule has 11 heteroatoms. The number of amides is 2. The molecular formula is C31H49ClN6O3S. The molecule has 2 aromatic rings. The number of benzene rings is 1. The minimum Gasteiger partial charge on any atom is -0.487 e. The van der Waals surface area contributed by atoms with E-state index in [-0.39, 0.29) is 30.3 Å². The maximum atomic E-state index is 13.0. The van der Waals surface area contributed by atoms with Crippen molar-refractivity contribution >= 4 is 41.5 Å². The number of nitrogens with one attached hydrogen (secondary N) is 1. The van der Waals surface area contributed by atoms with E-state index in [1.54, 1.807) is 17.1 Å². The van der Waals surface area contributed by atoms with Crippen LogP contribution in [0.5, 0.6) is 0 Å². The molecule has 1 fully saturated rings. The van der Waals surface area contributed by atoms with E-state index < -0.39 is 0 Å². The van der Waals surface area contributed by atoms with Crippen LogP contribution in [0.4, 0.5) is 0 Å². The number of hydrogen-bond acceptors (Lipinski definition) is 7. The Bertz CT molecular complexity index is 1050. The van der Waals surface area contributed by atoms with E-state index in [2.05, 4.69) is 34.5 Å². The van der Waals surface area contributed by atoms with Crippen molar-refractivity contribution in [3.05, 3.63) is 42.2 Å². The highest BCUT2D eigenvalue weighted by atomic mass is 35.5. The Hall–Kier alpha value is -2.56. The maximum absolute atomic E-state index is 13.0. The van der Waals surface area contributed by atoms with Crippen molar-refractivity contribution in [1.82, 2.24) is 30.1 Å². The lowest BCUT2D eigenvalue weighted by Gasteiger charge is -2.32. The SMILES string of the molecule is CCCCCCCCC(CCCOC(=S)CCCC(=O)N1CCN(C)CC1)NC(=O)c1ccc(-n2ccnn2)cc1.Cl. The largest absolute Gasteiger partial charge is 0.487 e. The standard InChI is InChI=1S/C31H48N6O3S.ClH/c1-3-4-5-6-7-8-11-27(33-31(39)26-15-17-28(18-16-26)37-20-19-32-34-37)12-10-25-40-30(41)14-9-13-29(38)36-23-21-35(2)22-24-36;/h15-20,27H,3-14,21-25H2,1-2H3,(H,33,39);1H. The van der Waals surface area contributed by atoms with Crippen LogP contribution in [0.3, 0.4) is 0 Å². The number of unbranched alkanes of at least 4 members (excludes halogenated alkanes) is 5. The zero-order chi connectivity index (χ0) is 29.3. The molecule has 1 atom stereocenters. The third-order valence-electron chi connectivity index (χ3n) is 7.65. The van der Waals surface area contributed by atoms with Crippen molar-refractivity contribution < 1.29 is 14.3 Å². The predicted octanol–water partition coefficient (Wildman–Crippen LogP) is 5.61. The van der Waals surface area contributed by atoms with E-state index in [0.29, 0.717) is 30.1 Å². The number of piperazine rings is 1. The van der Waals surface area contributed by atoms with Crippen LogP contribution in [-0.2, 0) is 9.53 Å². The number of nitrogens with zero attached hydrogens (tertiary/aromatic N) is 5. The number of aromatic nitrogens is 3. The first-order valence-electron chi connectivity index (χ1n) is 15.4. The van der Waals surface area contributed by atoms with Gasteiger partial charge in [0.2, 0.25) is 5.91 Å². The highest BCUT2D eigenvalue weighted by Crippen LogP contribution is 2.14. The molecule has 0 spiro atoms. The Morgan fingerprint density at radius 2 is 1.64 bits per heavy atom. The Morgan fingerprint density at radius 3 is 2.33 bits per heavy atom. The molecule has 1 aromatic heterocycles. The molecular weight excluding hydrogens is 572 g/mol. The smallest absolute Gasteiger partial charge is 0.251 e. The van der Waals surface area contributed by atoms with Crippen molar-refractivity contribution in [2.24, 2.45) is 0 Å². The molecule has 0 saturated carbocycles. The number of rotatable bonds is 18. The first-order chi connectivity index (χ1) is 20.0. The molecule has 3 rings (SSSR count). The quantitative estimate of drug-likeness (QED) is 0.171. The molecule has 1 unspecified atom stereocenters. The molecule has 234 valence electrons. The van der Waals surface area contributed by atoms with Crippen LogP contribution in [0.15, 0.2) is 36.7 Å². The van der Waals surface area contributed by atoms with Gasteiger partial charge >= 0.3 is 0 Å². The molecule has 2 amide bonds. The number of carbonyl (C=O) groups is 2. The van der Waals surface area contributed by atoms with Gasteiger partial charge < -0.3 is 19.9 Å². The molecule has 42 heavy (non-hydrogen) atoms. The summed E-state index contributed by atoms with van der Waals surface area (Å²) in [7, 11) is 2.09. The van der Waals surface area contributed by atoms with E-state index in [0.717, 1.165) is 64.0 Å². The zero-order valence-corrected chi connectivity index (χ0v) is 27.0. The van der Waals surface area contributed by atoms with Gasteiger partial charge in [0.15, 0.2) is 5.05 Å². The van der Waals surface area contributed by atoms with Crippen molar-refractivity contribution in [1.29, 1.82) is 0 Å². The van der Waals surface area contributed by atoms with Crippen LogP contribution in [0, 0.1) is 0 Å². The summed E-state index contributed by atoms with van der Waals surface area (Å²) in [6.07, 6.45) is 15.2. The van der Waals surface area contributed by atoms with Crippen LogP contribution >= 0.6 is 24.6 Å². The van der Waals surface area contributed by atoms with Crippen molar-refractivity contribution in [3.63, 3.8) is 0 Å². The minimum atomic E-state index is -0.0624. The molecule has 0 bridgehead atoms. The molecule has 2 heterocycles. The summed E-state index contributed by atoms with van der Waals surface area (Å²) in [5, 5.41) is 11.7. The fourth-order valence-electron chi connectivity index (χ4n) is 5.03. The van der Waals surface area contributed by atoms with Gasteiger partial charge in [0.25, 0.3) is 5.91 Å². The second-order valence-electron chi connectivity index (χ2n) is 11.0. The van der Waals surface area contributed by atoms with Gasteiger partial charge in [-0.3, -0.25) is 9.59 Å². The summed E-state index contributed by atoms with van der Waals surface area (Å²) < 4.78 is 7.48. The molecule has 1 saturated heterocycles. The zero-order valence-electron chi connectivity index (χ0n) is 25.3. The van der Waals surface area contributed by atoms with E-state index in [1.807, 2.05) is 29.2 Å². The second-order valence-corrected chi connectivity index (χ2v) is 11.5. The van der Waals surface area contributed by atoms with Crippen molar-refractivity contribution in [2.45, 2.75) is 90.0 Å². The first-order valence-corrected chi connectivity index (χ1v) is 15.8. The third kappa shape index (κ3) is 13.2. The van der Waals surface area contributed by atoms with E-state index in [1.165, 1.54) is 32.1 Å². The fourth-order valence-corrected chi connectivity index (χ4v) is 5.25. The number of likely N-dealkylation sites (N-methyl/N-ethyl adjacent to an activating group) is 1. The number of ether oxygens (including phenoxy) is 1. The van der Waals surface area contributed by atoms with E-state index in [9.17, 15) is 9.59 Å². The summed E-state index contributed by atoms with van der Waals surface area (Å²) in [6, 6.07) is 7.48. The molecule has 1 N–H and O–H groups in total. The predicted molar refractivity (Wildman–Crippen MR) is 174 cm³/mol. The average molecular weight is 621 g/mol. The average Bonchev–Trinajstić information content (AvgIpc) is 3.52. The molecule has 9 nitrogen and oxygen atoms in total. The third-order valence-corrected chi connectivity index (χ3v) is 7.97. The lowest BCUT2D eigenvalue weighted by molar-refractivity contribution is -0.132. The minimum absolute atomic E-state index is 0. The van der Waals surface area contributed by atoms with Crippen molar-refractivity contribution in [3.8, 4) is 5.69 Å². The normalized spacial score (nSPS) is 14.2. The van der Waals surface area contributed by atoms with Gasteiger partial charge in [0.05, 0.1) is 24.7 Å². The lowest BCUT2D eigenvalue weighted by Crippen LogP contribution is -2.47. The van der Waals surface area contributed by atoms with E-state index in [4.69, 9.17) is 17.0 Å². The van der Waals surface area contributed by atoms with E-state index >= 15 is 0 Å². The summed E-state index contributed by atoms with van der Waals surface area (Å²) in [6.45, 7) is 6.24. The van der Waals surface area contributed by atoms with Crippen LogP contribution in [0.2, 0.25) is 0 Å². The Balaban J connectivity index is 0.00000616. The summed E-state index contributed by atoms with van der Waals surface area (Å²) in [4.78, 5) is 29.7. The lowest BCUT2D eigenvalue weighted by atomic mass is 10.0. The van der Waals surface area contributed by atoms with Crippen LogP contribution in [0.1, 0.15) is 94.3 Å². The number of hydrogen-bond donors (Lipinski definition) is 1. The summed E-state index contributed by atoms with van der Waals surface area (Å²) >= 11 is 5.42. The Labute approximate surface area is 263 Å². The fraction of sp³-hybridized carbons (Fsp3) is 0.645. The highest BCUT2D eigenvalue weighted by molar-refractivity contribution is 7.80. The summed E-state index contributed by atoms with van der Waals surface area (Å²) in [5.41, 5.74) is 1.49. The van der Waals surface area contributed by atoms with Gasteiger partial charge in [0, 0.05) is 50.6 Å². The highest BCUT2D eigenvalue weighted by Gasteiger charge is 2.19. The molecule has 1 aliphatic heterocycles. The molecule has 0 aliphatic carbocycles. The molecule has 0 radical (unpaired) electrons. The monoisotopic (exact) mass is 620 g/mol. The van der Waals surface area contributed by atoms with Gasteiger partial charge in [-0.1, -0.05) is 50.7 Å². The summed E-state index contributed by atoms with van der Waals surface area (Å²) in [5.74, 6) is 0.148. The van der Waals surface area contributed by atoms with Crippen LogP contribution in [-0.4, -0.2) is 87.5 Å². The molecule has 1 aromatic carbocycles. The number of thiocarbonyl (C=S) groups is 1. The van der Waals surface area contributed by atoms with Crippen LogP contribution < -0.4 is 5.32 Å². The Kier molecular flexibility index (Phi) is 17.3. The van der Waals surface area contributed by atoms with Gasteiger partial charge in [-0.05, 0) is 69.2 Å².